The maximum absolute atomic E-state index is 13.2. The maximum atomic E-state index is 13.2. The number of nitrogens with zero attached hydrogens (tertiary/aromatic N) is 3. The molecule has 29 heavy (non-hydrogen) atoms. The number of sulfonamides is 1. The van der Waals surface area contributed by atoms with E-state index in [9.17, 15) is 18.0 Å². The number of amides is 2. The summed E-state index contributed by atoms with van der Waals surface area (Å²) in [7, 11) is 0.228. The van der Waals surface area contributed by atoms with Gasteiger partial charge < -0.3 is 9.80 Å². The minimum absolute atomic E-state index is 0. The Kier molecular flexibility index (Phi) is 6.82. The molecule has 2 amide bonds. The second kappa shape index (κ2) is 8.45. The largest absolute Gasteiger partial charge is 0.325 e. The van der Waals surface area contributed by atoms with E-state index in [1.54, 1.807) is 23.1 Å². The fourth-order valence-electron chi connectivity index (χ4n) is 4.06. The smallest absolute Gasteiger partial charge is 0.254 e. The number of rotatable bonds is 5. The van der Waals surface area contributed by atoms with Crippen LogP contribution < -0.4 is 0 Å². The first-order chi connectivity index (χ1) is 13.0. The standard InChI is InChI=1S/C20H27N3O4S.ClH/c1-13(2)17-18-16(23(20(17)25)28(5,26)27)10-11-22(18)19(24)15-8-6-14(7-9-15)12-21(3)4;/h6-10,13,17-18H,11-12H2,1-5H3;1H/t17-,18+;/m1./s1. The molecule has 3 rings (SSSR count). The van der Waals surface area contributed by atoms with E-state index in [1.807, 2.05) is 45.0 Å². The predicted molar refractivity (Wildman–Crippen MR) is 114 cm³/mol. The molecule has 1 fully saturated rings. The molecule has 2 atom stereocenters. The molecule has 9 heteroatoms. The van der Waals surface area contributed by atoms with Gasteiger partial charge in [-0.15, -0.1) is 12.4 Å². The molecule has 0 spiro atoms. The predicted octanol–water partition coefficient (Wildman–Crippen LogP) is 1.95. The Morgan fingerprint density at radius 2 is 1.79 bits per heavy atom. The lowest BCUT2D eigenvalue weighted by molar-refractivity contribution is -0.128. The van der Waals surface area contributed by atoms with Crippen LogP contribution in [-0.2, 0) is 21.4 Å². The Bertz CT molecular complexity index is 926. The van der Waals surface area contributed by atoms with E-state index in [2.05, 4.69) is 0 Å². The van der Waals surface area contributed by atoms with E-state index in [0.29, 0.717) is 17.8 Å². The minimum atomic E-state index is -3.73. The van der Waals surface area contributed by atoms with Gasteiger partial charge in [0.25, 0.3) is 5.91 Å². The first kappa shape index (κ1) is 23.4. The molecular weight excluding hydrogens is 414 g/mol. The van der Waals surface area contributed by atoms with Gasteiger partial charge in [-0.1, -0.05) is 26.0 Å². The van der Waals surface area contributed by atoms with E-state index < -0.39 is 27.9 Å². The molecule has 2 aliphatic heterocycles. The van der Waals surface area contributed by atoms with Crippen molar-refractivity contribution in [1.82, 2.24) is 14.1 Å². The van der Waals surface area contributed by atoms with E-state index in [-0.39, 0.29) is 24.2 Å². The molecule has 0 aromatic heterocycles. The molecular formula is C20H28ClN3O4S. The zero-order valence-electron chi connectivity index (χ0n) is 17.3. The van der Waals surface area contributed by atoms with Crippen molar-refractivity contribution in [3.05, 3.63) is 47.2 Å². The monoisotopic (exact) mass is 441 g/mol. The fourth-order valence-corrected chi connectivity index (χ4v) is 5.08. The fraction of sp³-hybridized carbons (Fsp3) is 0.500. The molecule has 1 aromatic rings. The third-order valence-corrected chi connectivity index (χ3v) is 6.26. The van der Waals surface area contributed by atoms with E-state index in [1.165, 1.54) is 0 Å². The lowest BCUT2D eigenvalue weighted by atomic mass is 9.89. The highest BCUT2D eigenvalue weighted by atomic mass is 35.5. The van der Waals surface area contributed by atoms with Crippen LogP contribution in [0.1, 0.15) is 29.8 Å². The molecule has 160 valence electrons. The summed E-state index contributed by atoms with van der Waals surface area (Å²) in [5.74, 6) is -1.31. The van der Waals surface area contributed by atoms with Gasteiger partial charge in [0.2, 0.25) is 15.9 Å². The van der Waals surface area contributed by atoms with Crippen molar-refractivity contribution in [2.45, 2.75) is 26.4 Å². The SMILES string of the molecule is CC(C)[C@H]1C(=O)N(S(C)(=O)=O)C2=CCN(C(=O)c3ccc(CN(C)C)cc3)[C@@H]21.Cl. The number of benzene rings is 1. The third-order valence-electron chi connectivity index (χ3n) is 5.21. The highest BCUT2D eigenvalue weighted by molar-refractivity contribution is 7.89. The van der Waals surface area contributed by atoms with Crippen LogP contribution in [0.15, 0.2) is 36.0 Å². The molecule has 0 unspecified atom stereocenters. The highest BCUT2D eigenvalue weighted by Gasteiger charge is 2.54. The van der Waals surface area contributed by atoms with Crippen molar-refractivity contribution < 1.29 is 18.0 Å². The summed E-state index contributed by atoms with van der Waals surface area (Å²) >= 11 is 0. The van der Waals surface area contributed by atoms with Crippen LogP contribution in [0.4, 0.5) is 0 Å². The van der Waals surface area contributed by atoms with Crippen LogP contribution in [-0.4, -0.2) is 67.3 Å². The van der Waals surface area contributed by atoms with Crippen LogP contribution in [0.25, 0.3) is 0 Å². The molecule has 7 nitrogen and oxygen atoms in total. The lowest BCUT2D eigenvalue weighted by Gasteiger charge is -2.29. The molecule has 1 saturated heterocycles. The van der Waals surface area contributed by atoms with Gasteiger partial charge in [0.15, 0.2) is 0 Å². The van der Waals surface area contributed by atoms with Crippen molar-refractivity contribution >= 4 is 34.2 Å². The summed E-state index contributed by atoms with van der Waals surface area (Å²) < 4.78 is 25.3. The first-order valence-corrected chi connectivity index (χ1v) is 11.2. The quantitative estimate of drug-likeness (QED) is 0.697. The Balaban J connectivity index is 0.00000300. The average molecular weight is 442 g/mol. The van der Waals surface area contributed by atoms with E-state index in [4.69, 9.17) is 0 Å². The number of carbonyl (C=O) groups is 2. The first-order valence-electron chi connectivity index (χ1n) is 9.31. The number of hydrogen-bond donors (Lipinski definition) is 0. The van der Waals surface area contributed by atoms with Crippen molar-refractivity contribution in [2.75, 3.05) is 26.9 Å². The zero-order valence-corrected chi connectivity index (χ0v) is 19.0. The Labute approximate surface area is 178 Å². The lowest BCUT2D eigenvalue weighted by Crippen LogP contribution is -2.42. The maximum Gasteiger partial charge on any atom is 0.254 e. The highest BCUT2D eigenvalue weighted by Crippen LogP contribution is 2.41. The second-order valence-corrected chi connectivity index (χ2v) is 9.93. The average Bonchev–Trinajstić information content (AvgIpc) is 3.09. The summed E-state index contributed by atoms with van der Waals surface area (Å²) in [6.07, 6.45) is 2.71. The molecule has 1 aromatic carbocycles. The molecule has 2 aliphatic rings. The number of fused-ring (bicyclic) bond motifs is 1. The van der Waals surface area contributed by atoms with Gasteiger partial charge in [-0.05, 0) is 43.8 Å². The molecule has 2 heterocycles. The number of halogens is 1. The molecule has 0 saturated carbocycles. The minimum Gasteiger partial charge on any atom is -0.325 e. The van der Waals surface area contributed by atoms with Crippen LogP contribution in [0.3, 0.4) is 0 Å². The summed E-state index contributed by atoms with van der Waals surface area (Å²) in [6.45, 7) is 4.83. The molecule has 0 bridgehead atoms. The van der Waals surface area contributed by atoms with Gasteiger partial charge in [-0.2, -0.15) is 0 Å². The van der Waals surface area contributed by atoms with Gasteiger partial charge >= 0.3 is 0 Å². The summed E-state index contributed by atoms with van der Waals surface area (Å²) in [5, 5.41) is 0. The van der Waals surface area contributed by atoms with Gasteiger partial charge in [0, 0.05) is 18.7 Å². The summed E-state index contributed by atoms with van der Waals surface area (Å²) in [4.78, 5) is 29.6. The molecule has 0 N–H and O–H groups in total. The van der Waals surface area contributed by atoms with Crippen molar-refractivity contribution in [2.24, 2.45) is 11.8 Å². The van der Waals surface area contributed by atoms with Gasteiger partial charge in [0.05, 0.1) is 23.9 Å². The summed E-state index contributed by atoms with van der Waals surface area (Å²) in [6, 6.07) is 6.86. The normalized spacial score (nSPS) is 21.5. The van der Waals surface area contributed by atoms with Crippen molar-refractivity contribution in [3.8, 4) is 0 Å². The van der Waals surface area contributed by atoms with Crippen LogP contribution in [0, 0.1) is 11.8 Å². The van der Waals surface area contributed by atoms with Crippen LogP contribution in [0.5, 0.6) is 0 Å². The number of hydrogen-bond acceptors (Lipinski definition) is 5. The Hall–Kier alpha value is -1.90. The third kappa shape index (κ3) is 4.34. The van der Waals surface area contributed by atoms with Gasteiger partial charge in [-0.25, -0.2) is 12.7 Å². The summed E-state index contributed by atoms with van der Waals surface area (Å²) in [5.41, 5.74) is 2.04. The van der Waals surface area contributed by atoms with Crippen LogP contribution >= 0.6 is 12.4 Å². The van der Waals surface area contributed by atoms with E-state index >= 15 is 0 Å². The zero-order chi connectivity index (χ0) is 20.8. The Morgan fingerprint density at radius 3 is 2.28 bits per heavy atom. The topological polar surface area (TPSA) is 78.0 Å². The second-order valence-electron chi connectivity index (χ2n) is 8.10. The van der Waals surface area contributed by atoms with Crippen molar-refractivity contribution in [3.63, 3.8) is 0 Å². The van der Waals surface area contributed by atoms with Crippen LogP contribution in [0.2, 0.25) is 0 Å². The Morgan fingerprint density at radius 1 is 1.21 bits per heavy atom. The van der Waals surface area contributed by atoms with E-state index in [0.717, 1.165) is 22.7 Å². The van der Waals surface area contributed by atoms with Gasteiger partial charge in [-0.3, -0.25) is 9.59 Å². The molecule has 0 aliphatic carbocycles. The number of carbonyl (C=O) groups excluding carboxylic acids is 2. The van der Waals surface area contributed by atoms with Gasteiger partial charge in [0.1, 0.15) is 0 Å². The molecule has 0 radical (unpaired) electrons. The van der Waals surface area contributed by atoms with Crippen molar-refractivity contribution in [1.29, 1.82) is 0 Å².